The number of alkyl halides is 3. The number of likely N-dealkylation sites (N-methyl/N-ethyl adjacent to an activating group) is 1. The molecule has 31 heavy (non-hydrogen) atoms. The van der Waals surface area contributed by atoms with Gasteiger partial charge < -0.3 is 19.6 Å². The fourth-order valence-electron chi connectivity index (χ4n) is 3.97. The number of hydrogen-bond acceptors (Lipinski definition) is 7. The Hall–Kier alpha value is -3.06. The Morgan fingerprint density at radius 3 is 1.94 bits per heavy atom. The van der Waals surface area contributed by atoms with Gasteiger partial charge in [-0.2, -0.15) is 18.4 Å². The fraction of sp³-hybridized carbons (Fsp3) is 0.476. The summed E-state index contributed by atoms with van der Waals surface area (Å²) in [5.74, 6) is 1.76. The van der Waals surface area contributed by atoms with Gasteiger partial charge in [-0.3, -0.25) is 0 Å². The van der Waals surface area contributed by atoms with Crippen molar-refractivity contribution in [1.82, 2.24) is 14.9 Å². The van der Waals surface area contributed by atoms with E-state index in [-0.39, 0.29) is 5.56 Å². The minimum absolute atomic E-state index is 0.0441. The van der Waals surface area contributed by atoms with Crippen molar-refractivity contribution in [3.63, 3.8) is 0 Å². The van der Waals surface area contributed by atoms with Crippen molar-refractivity contribution in [3.8, 4) is 6.07 Å². The van der Waals surface area contributed by atoms with Gasteiger partial charge in [0.15, 0.2) is 0 Å². The number of nitrogens with zero attached hydrogens (tertiary/aromatic N) is 7. The number of hydrogen-bond donors (Lipinski definition) is 0. The van der Waals surface area contributed by atoms with Crippen LogP contribution in [0.5, 0.6) is 0 Å². The average Bonchev–Trinajstić information content (AvgIpc) is 2.79. The summed E-state index contributed by atoms with van der Waals surface area (Å²) in [5.41, 5.74) is -0.220. The molecule has 0 aliphatic carbocycles. The maximum atomic E-state index is 13.0. The predicted octanol–water partition coefficient (Wildman–Crippen LogP) is 2.45. The van der Waals surface area contributed by atoms with Gasteiger partial charge >= 0.3 is 6.18 Å². The van der Waals surface area contributed by atoms with E-state index in [1.54, 1.807) is 6.33 Å². The Balaban J connectivity index is 1.44. The van der Waals surface area contributed by atoms with Gasteiger partial charge in [0.2, 0.25) is 0 Å². The van der Waals surface area contributed by atoms with Gasteiger partial charge in [0.25, 0.3) is 0 Å². The SMILES string of the molecule is CN1CCN(c2cc(N3CCN(c4ccc(C(F)(F)F)cc4C#N)CC3)ncn2)CC1. The molecule has 1 aromatic carbocycles. The quantitative estimate of drug-likeness (QED) is 0.740. The minimum Gasteiger partial charge on any atom is -0.367 e. The van der Waals surface area contributed by atoms with Gasteiger partial charge in [0, 0.05) is 58.4 Å². The van der Waals surface area contributed by atoms with Crippen molar-refractivity contribution in [1.29, 1.82) is 5.26 Å². The molecule has 0 saturated carbocycles. The summed E-state index contributed by atoms with van der Waals surface area (Å²) >= 11 is 0. The predicted molar refractivity (Wildman–Crippen MR) is 112 cm³/mol. The van der Waals surface area contributed by atoms with Crippen LogP contribution in [0.25, 0.3) is 0 Å². The van der Waals surface area contributed by atoms with Crippen molar-refractivity contribution in [2.24, 2.45) is 0 Å². The summed E-state index contributed by atoms with van der Waals surface area (Å²) in [7, 11) is 2.11. The van der Waals surface area contributed by atoms with Crippen molar-refractivity contribution in [3.05, 3.63) is 41.7 Å². The lowest BCUT2D eigenvalue weighted by atomic mass is 10.1. The van der Waals surface area contributed by atoms with Crippen LogP contribution in [0.4, 0.5) is 30.5 Å². The van der Waals surface area contributed by atoms with E-state index in [1.807, 2.05) is 17.0 Å². The number of piperazine rings is 2. The van der Waals surface area contributed by atoms with E-state index in [0.29, 0.717) is 31.9 Å². The highest BCUT2D eigenvalue weighted by Crippen LogP contribution is 2.33. The second-order valence-corrected chi connectivity index (χ2v) is 7.84. The second kappa shape index (κ2) is 8.59. The normalized spacial score (nSPS) is 18.2. The topological polar surface area (TPSA) is 62.5 Å². The number of halogens is 3. The Morgan fingerprint density at radius 2 is 1.39 bits per heavy atom. The molecule has 10 heteroatoms. The zero-order chi connectivity index (χ0) is 22.0. The summed E-state index contributed by atoms with van der Waals surface area (Å²) in [6.07, 6.45) is -2.88. The molecule has 0 unspecified atom stereocenters. The van der Waals surface area contributed by atoms with Gasteiger partial charge in [-0.1, -0.05) is 0 Å². The largest absolute Gasteiger partial charge is 0.416 e. The Kier molecular flexibility index (Phi) is 5.87. The lowest BCUT2D eigenvalue weighted by Gasteiger charge is -2.37. The molecule has 164 valence electrons. The van der Waals surface area contributed by atoms with Crippen LogP contribution in [0.15, 0.2) is 30.6 Å². The summed E-state index contributed by atoms with van der Waals surface area (Å²) in [6, 6.07) is 7.27. The molecular weight excluding hydrogens is 407 g/mol. The van der Waals surface area contributed by atoms with E-state index < -0.39 is 11.7 Å². The molecule has 0 amide bonds. The number of benzene rings is 1. The number of rotatable bonds is 3. The van der Waals surface area contributed by atoms with Crippen LogP contribution in [0.1, 0.15) is 11.1 Å². The number of nitriles is 1. The molecule has 1 aromatic heterocycles. The van der Waals surface area contributed by atoms with Crippen LogP contribution in [0.3, 0.4) is 0 Å². The van der Waals surface area contributed by atoms with Gasteiger partial charge in [-0.15, -0.1) is 0 Å². The summed E-state index contributed by atoms with van der Waals surface area (Å²) in [5, 5.41) is 9.36. The molecule has 2 aliphatic heterocycles. The first-order valence-corrected chi connectivity index (χ1v) is 10.2. The Bertz CT molecular complexity index is 956. The highest BCUT2D eigenvalue weighted by molar-refractivity contribution is 5.62. The van der Waals surface area contributed by atoms with E-state index in [4.69, 9.17) is 0 Å². The third-order valence-corrected chi connectivity index (χ3v) is 5.85. The minimum atomic E-state index is -4.46. The Morgan fingerprint density at radius 1 is 0.839 bits per heavy atom. The lowest BCUT2D eigenvalue weighted by Crippen LogP contribution is -2.47. The molecule has 0 atom stereocenters. The molecule has 0 N–H and O–H groups in total. The molecule has 3 heterocycles. The molecule has 0 spiro atoms. The van der Waals surface area contributed by atoms with Crippen LogP contribution in [0.2, 0.25) is 0 Å². The molecule has 7 nitrogen and oxygen atoms in total. The summed E-state index contributed by atoms with van der Waals surface area (Å²) in [6.45, 7) is 6.33. The highest BCUT2D eigenvalue weighted by Gasteiger charge is 2.32. The zero-order valence-electron chi connectivity index (χ0n) is 17.3. The molecule has 2 saturated heterocycles. The lowest BCUT2D eigenvalue weighted by molar-refractivity contribution is -0.137. The van der Waals surface area contributed by atoms with Gasteiger partial charge in [0.05, 0.1) is 16.8 Å². The van der Waals surface area contributed by atoms with E-state index in [0.717, 1.165) is 49.9 Å². The van der Waals surface area contributed by atoms with Crippen LogP contribution < -0.4 is 14.7 Å². The van der Waals surface area contributed by atoms with Gasteiger partial charge in [-0.25, -0.2) is 9.97 Å². The monoisotopic (exact) mass is 431 g/mol. The van der Waals surface area contributed by atoms with Crippen molar-refractivity contribution >= 4 is 17.3 Å². The molecule has 4 rings (SSSR count). The standard InChI is InChI=1S/C21H24F3N7/c1-28-4-6-30(7-5-28)19-13-20(27-15-26-19)31-10-8-29(9-11-31)18-3-2-17(21(22,23)24)12-16(18)14-25/h2-3,12-13,15H,4-11H2,1H3. The number of anilines is 3. The molecule has 0 radical (unpaired) electrons. The third-order valence-electron chi connectivity index (χ3n) is 5.85. The summed E-state index contributed by atoms with van der Waals surface area (Å²) in [4.78, 5) is 17.5. The van der Waals surface area contributed by atoms with E-state index >= 15 is 0 Å². The highest BCUT2D eigenvalue weighted by atomic mass is 19.4. The fourth-order valence-corrected chi connectivity index (χ4v) is 3.97. The van der Waals surface area contributed by atoms with Gasteiger partial charge in [0.1, 0.15) is 24.0 Å². The first-order chi connectivity index (χ1) is 14.8. The van der Waals surface area contributed by atoms with Crippen LogP contribution >= 0.6 is 0 Å². The zero-order valence-corrected chi connectivity index (χ0v) is 17.3. The summed E-state index contributed by atoms with van der Waals surface area (Å²) < 4.78 is 38.9. The van der Waals surface area contributed by atoms with Crippen LogP contribution in [0, 0.1) is 11.3 Å². The number of aromatic nitrogens is 2. The third kappa shape index (κ3) is 4.66. The Labute approximate surface area is 179 Å². The van der Waals surface area contributed by atoms with E-state index in [9.17, 15) is 18.4 Å². The van der Waals surface area contributed by atoms with Crippen molar-refractivity contribution in [2.75, 3.05) is 74.1 Å². The maximum Gasteiger partial charge on any atom is 0.416 e. The molecule has 2 aliphatic rings. The van der Waals surface area contributed by atoms with Crippen molar-refractivity contribution in [2.45, 2.75) is 6.18 Å². The van der Waals surface area contributed by atoms with Crippen LogP contribution in [-0.2, 0) is 6.18 Å². The van der Waals surface area contributed by atoms with Gasteiger partial charge in [-0.05, 0) is 25.2 Å². The van der Waals surface area contributed by atoms with E-state index in [2.05, 4.69) is 31.7 Å². The average molecular weight is 431 g/mol. The molecular formula is C21H24F3N7. The molecule has 0 bridgehead atoms. The van der Waals surface area contributed by atoms with E-state index in [1.165, 1.54) is 6.07 Å². The smallest absolute Gasteiger partial charge is 0.367 e. The second-order valence-electron chi connectivity index (χ2n) is 7.84. The first kappa shape index (κ1) is 21.2. The maximum absolute atomic E-state index is 13.0. The molecule has 2 aromatic rings. The van der Waals surface area contributed by atoms with Crippen LogP contribution in [-0.4, -0.2) is 74.3 Å². The first-order valence-electron chi connectivity index (χ1n) is 10.2. The molecule has 2 fully saturated rings. The van der Waals surface area contributed by atoms with Crippen molar-refractivity contribution < 1.29 is 13.2 Å².